The molecule has 0 amide bonds. The minimum atomic E-state index is -0.548. The van der Waals surface area contributed by atoms with Gasteiger partial charge in [-0.1, -0.05) is 115 Å². The molecule has 11 rings (SSSR count). The van der Waals surface area contributed by atoms with Gasteiger partial charge < -0.3 is 4.57 Å². The molecule has 0 bridgehead atoms. The third kappa shape index (κ3) is 4.24. The summed E-state index contributed by atoms with van der Waals surface area (Å²) in [6, 6.07) is 28.2. The first-order valence-corrected chi connectivity index (χ1v) is 17.0. The number of hydrogen-bond acceptors (Lipinski definition) is 4. The molecule has 0 aliphatic carbocycles. The molecule has 4 heterocycles. The summed E-state index contributed by atoms with van der Waals surface area (Å²) in [6.45, 7) is 0. The molecule has 0 atom stereocenters. The predicted molar refractivity (Wildman–Crippen MR) is 212 cm³/mol. The van der Waals surface area contributed by atoms with Crippen molar-refractivity contribution in [1.29, 1.82) is 0 Å². The van der Waals surface area contributed by atoms with E-state index in [2.05, 4.69) is 6.07 Å². The Kier molecular flexibility index (Phi) is 4.32. The molecule has 0 saturated heterocycles. The number of para-hydroxylation sites is 3. The van der Waals surface area contributed by atoms with Crippen molar-refractivity contribution in [3.05, 3.63) is 164 Å². The number of nitrogens with zero attached hydrogens (tertiary/aromatic N) is 5. The van der Waals surface area contributed by atoms with E-state index in [0.29, 0.717) is 27.6 Å². The van der Waals surface area contributed by atoms with Gasteiger partial charge in [-0.05, 0) is 48.5 Å². The van der Waals surface area contributed by atoms with Gasteiger partial charge in [0.05, 0.1) is 35.8 Å². The van der Waals surface area contributed by atoms with E-state index < -0.39 is 48.3 Å². The molecule has 51 heavy (non-hydrogen) atoms. The van der Waals surface area contributed by atoms with E-state index in [9.17, 15) is 0 Å². The van der Waals surface area contributed by atoms with E-state index in [1.165, 1.54) is 0 Å². The normalized spacial score (nSPS) is 14.7. The molecule has 0 unspecified atom stereocenters. The van der Waals surface area contributed by atoms with E-state index in [1.54, 1.807) is 15.9 Å². The number of fused-ring (bicyclic) bond motifs is 10. The highest BCUT2D eigenvalue weighted by molar-refractivity contribution is 7.25. The van der Waals surface area contributed by atoms with E-state index in [1.807, 2.05) is 102 Å². The minimum absolute atomic E-state index is 0.0334. The Balaban J connectivity index is 1.32. The summed E-state index contributed by atoms with van der Waals surface area (Å²) in [5, 5.41) is 5.08. The maximum Gasteiger partial charge on any atom is 0.238 e. The lowest BCUT2D eigenvalue weighted by molar-refractivity contribution is 0.953. The fourth-order valence-electron chi connectivity index (χ4n) is 7.23. The van der Waals surface area contributed by atoms with Crippen LogP contribution in [0.4, 0.5) is 0 Å². The molecule has 11 aromatic rings. The Morgan fingerprint density at radius 2 is 1.02 bits per heavy atom. The highest BCUT2D eigenvalue weighted by Gasteiger charge is 2.23. The van der Waals surface area contributed by atoms with Crippen molar-refractivity contribution in [2.24, 2.45) is 0 Å². The molecule has 0 fully saturated rings. The van der Waals surface area contributed by atoms with Gasteiger partial charge in [0, 0.05) is 58.5 Å². The first-order valence-electron chi connectivity index (χ1n) is 21.2. The van der Waals surface area contributed by atoms with E-state index in [4.69, 9.17) is 28.7 Å². The first-order chi connectivity index (χ1) is 29.4. The highest BCUT2D eigenvalue weighted by Crippen LogP contribution is 2.42. The smallest absolute Gasteiger partial charge is 0.238 e. The average Bonchev–Trinajstić information content (AvgIpc) is 3.94. The molecule has 0 saturated carbocycles. The summed E-state index contributed by atoms with van der Waals surface area (Å²) < 4.78 is 92.8. The third-order valence-electron chi connectivity index (χ3n) is 9.36. The number of rotatable bonds is 4. The minimum Gasteiger partial charge on any atom is -0.307 e. The van der Waals surface area contributed by atoms with Gasteiger partial charge in [-0.15, -0.1) is 11.3 Å². The maximum absolute atomic E-state index is 9.12. The lowest BCUT2D eigenvalue weighted by Crippen LogP contribution is -2.07. The lowest BCUT2D eigenvalue weighted by atomic mass is 10.1. The van der Waals surface area contributed by atoms with Gasteiger partial charge in [0.25, 0.3) is 0 Å². The summed E-state index contributed by atoms with van der Waals surface area (Å²) in [7, 11) is 0. The van der Waals surface area contributed by atoms with Gasteiger partial charge in [0.2, 0.25) is 5.95 Å². The van der Waals surface area contributed by atoms with Crippen LogP contribution in [0, 0.1) is 0 Å². The molecule has 7 aromatic carbocycles. The summed E-state index contributed by atoms with van der Waals surface area (Å²) in [5.74, 6) is 0.114. The van der Waals surface area contributed by atoms with Crippen molar-refractivity contribution >= 4 is 75.1 Å². The Labute approximate surface area is 310 Å². The van der Waals surface area contributed by atoms with E-state index >= 15 is 0 Å². The Bertz CT molecular complexity index is 3690. The van der Waals surface area contributed by atoms with Crippen molar-refractivity contribution in [1.82, 2.24) is 24.1 Å². The van der Waals surface area contributed by atoms with Crippen LogP contribution >= 0.6 is 11.3 Å². The zero-order valence-electron chi connectivity index (χ0n) is 36.5. The van der Waals surface area contributed by atoms with Crippen molar-refractivity contribution in [2.75, 3.05) is 0 Å². The maximum atomic E-state index is 9.12. The Morgan fingerprint density at radius 1 is 0.451 bits per heavy atom. The van der Waals surface area contributed by atoms with Crippen LogP contribution in [0.5, 0.6) is 0 Å². The summed E-state index contributed by atoms with van der Waals surface area (Å²) in [4.78, 5) is 14.9. The highest BCUT2D eigenvalue weighted by atomic mass is 32.1. The van der Waals surface area contributed by atoms with E-state index in [-0.39, 0.29) is 40.9 Å². The molecule has 4 aromatic heterocycles. The van der Waals surface area contributed by atoms with E-state index in [0.717, 1.165) is 41.7 Å². The quantitative estimate of drug-likeness (QED) is 0.186. The van der Waals surface area contributed by atoms with Crippen molar-refractivity contribution < 1.29 is 13.7 Å². The molecule has 6 heteroatoms. The van der Waals surface area contributed by atoms with Crippen LogP contribution in [0.15, 0.2) is 164 Å². The molecule has 0 spiro atoms. The van der Waals surface area contributed by atoms with Gasteiger partial charge in [0.1, 0.15) is 0 Å². The van der Waals surface area contributed by atoms with Crippen molar-refractivity contribution in [3.8, 4) is 34.4 Å². The molecular weight excluding hydrogens is 643 g/mol. The fraction of sp³-hybridized carbons (Fsp3) is 0. The zero-order chi connectivity index (χ0) is 42.2. The number of thiophene rings is 1. The largest absolute Gasteiger partial charge is 0.307 e. The average molecular weight is 680 g/mol. The van der Waals surface area contributed by atoms with Crippen LogP contribution in [0.3, 0.4) is 0 Å². The monoisotopic (exact) mass is 679 g/mol. The Morgan fingerprint density at radius 3 is 1.75 bits per heavy atom. The second-order valence-corrected chi connectivity index (χ2v) is 13.2. The topological polar surface area (TPSA) is 48.5 Å². The van der Waals surface area contributed by atoms with Crippen molar-refractivity contribution in [3.63, 3.8) is 0 Å². The fourth-order valence-corrected chi connectivity index (χ4v) is 8.31. The molecule has 238 valence electrons. The van der Waals surface area contributed by atoms with Crippen LogP contribution < -0.4 is 0 Å². The number of hydrogen-bond donors (Lipinski definition) is 0. The SMILES string of the molecule is [2H]c1c([2H])c([2H])c(-c2nc(-c3ccc4sc5ccccc5c4c3)nc(-n3c4ccccc4c4ccc5c6ccccc6n(-c6c([2H])c([2H])c([2H])c([2H])c6[2H])c5c43)n2)c([2H])c1[2H]. The number of aromatic nitrogens is 5. The van der Waals surface area contributed by atoms with Gasteiger partial charge in [-0.3, -0.25) is 4.57 Å². The molecular formula is C45H27N5S. The van der Waals surface area contributed by atoms with Gasteiger partial charge in [0.15, 0.2) is 11.6 Å². The van der Waals surface area contributed by atoms with Gasteiger partial charge >= 0.3 is 0 Å². The molecule has 0 aliphatic heterocycles. The van der Waals surface area contributed by atoms with Crippen LogP contribution in [0.2, 0.25) is 0 Å². The van der Waals surface area contributed by atoms with Crippen LogP contribution in [0.25, 0.3) is 98.2 Å². The van der Waals surface area contributed by atoms with Crippen LogP contribution in [0.1, 0.15) is 13.7 Å². The molecule has 5 nitrogen and oxygen atoms in total. The Hall–Kier alpha value is -6.63. The second kappa shape index (κ2) is 10.9. The molecule has 0 aliphatic rings. The molecule has 0 N–H and O–H groups in total. The third-order valence-corrected chi connectivity index (χ3v) is 10.5. The van der Waals surface area contributed by atoms with Crippen LogP contribution in [-0.4, -0.2) is 24.1 Å². The zero-order valence-corrected chi connectivity index (χ0v) is 27.3. The van der Waals surface area contributed by atoms with Crippen molar-refractivity contribution in [2.45, 2.75) is 0 Å². The summed E-state index contributed by atoms with van der Waals surface area (Å²) in [6.07, 6.45) is 0. The first kappa shape index (κ1) is 20.1. The lowest BCUT2D eigenvalue weighted by Gasteiger charge is -2.13. The predicted octanol–water partition coefficient (Wildman–Crippen LogP) is 11.8. The summed E-state index contributed by atoms with van der Waals surface area (Å²) >= 11 is 1.66. The number of benzene rings is 7. The molecule has 0 radical (unpaired) electrons. The van der Waals surface area contributed by atoms with Gasteiger partial charge in [-0.2, -0.15) is 9.97 Å². The van der Waals surface area contributed by atoms with Crippen LogP contribution in [-0.2, 0) is 0 Å². The second-order valence-electron chi connectivity index (χ2n) is 12.1. The standard InChI is InChI=1S/C45H27N5S/c1-3-13-28(14-4-1)43-46-44(29-23-26-40-36(27-29)33-19-9-12-22-39(33)51-40)48-45(47-43)50-38-21-11-8-18-32(38)35-25-24-34-31-17-7-10-20-37(31)49(41(34)42(35)50)30-15-5-2-6-16-30/h1-27H/i1D,2D,3D,4D,5D,6D,13D,14D,15D,16D. The van der Waals surface area contributed by atoms with Gasteiger partial charge in [-0.25, -0.2) is 4.98 Å². The summed E-state index contributed by atoms with van der Waals surface area (Å²) in [5.41, 5.74) is 2.70.